The highest BCUT2D eigenvalue weighted by Crippen LogP contribution is 2.34. The van der Waals surface area contributed by atoms with E-state index in [1.165, 1.54) is 32.1 Å². The van der Waals surface area contributed by atoms with Crippen LogP contribution >= 0.6 is 0 Å². The summed E-state index contributed by atoms with van der Waals surface area (Å²) in [5, 5.41) is 3.90. The van der Waals surface area contributed by atoms with Crippen LogP contribution < -0.4 is 5.32 Å². The van der Waals surface area contributed by atoms with Gasteiger partial charge in [-0.3, -0.25) is 0 Å². The molecule has 94 valence electrons. The van der Waals surface area contributed by atoms with Crippen LogP contribution in [0, 0.1) is 5.92 Å². The van der Waals surface area contributed by atoms with E-state index < -0.39 is 0 Å². The molecule has 2 fully saturated rings. The summed E-state index contributed by atoms with van der Waals surface area (Å²) in [6.45, 7) is 6.98. The van der Waals surface area contributed by atoms with Gasteiger partial charge in [-0.2, -0.15) is 0 Å². The molecule has 2 aliphatic heterocycles. The van der Waals surface area contributed by atoms with Crippen LogP contribution in [0.5, 0.6) is 0 Å². The Kier molecular flexibility index (Phi) is 3.91. The van der Waals surface area contributed by atoms with Crippen LogP contribution in [0.1, 0.15) is 52.9 Å². The average molecular weight is 224 g/mol. The maximum atomic E-state index is 3.90. The largest absolute Gasteiger partial charge is 0.311 e. The van der Waals surface area contributed by atoms with Crippen molar-refractivity contribution in [2.24, 2.45) is 5.92 Å². The van der Waals surface area contributed by atoms with E-state index in [0.29, 0.717) is 6.04 Å². The fourth-order valence-corrected chi connectivity index (χ4v) is 3.63. The van der Waals surface area contributed by atoms with Crippen molar-refractivity contribution in [3.8, 4) is 0 Å². The molecule has 2 heterocycles. The fraction of sp³-hybridized carbons (Fsp3) is 1.00. The molecule has 2 rings (SSSR count). The van der Waals surface area contributed by atoms with Crippen LogP contribution in [0.25, 0.3) is 0 Å². The minimum atomic E-state index is 0.716. The molecule has 2 bridgehead atoms. The van der Waals surface area contributed by atoms with Crippen molar-refractivity contribution in [2.75, 3.05) is 7.05 Å². The molecule has 0 saturated carbocycles. The summed E-state index contributed by atoms with van der Waals surface area (Å²) in [4.78, 5) is 2.62. The molecule has 2 nitrogen and oxygen atoms in total. The first-order chi connectivity index (χ1) is 7.61. The molecular formula is C14H28N2. The lowest BCUT2D eigenvalue weighted by Gasteiger charge is -2.39. The van der Waals surface area contributed by atoms with E-state index in [1.807, 2.05) is 0 Å². The van der Waals surface area contributed by atoms with E-state index >= 15 is 0 Å². The molecule has 2 saturated heterocycles. The van der Waals surface area contributed by atoms with Crippen molar-refractivity contribution in [3.63, 3.8) is 0 Å². The molecule has 16 heavy (non-hydrogen) atoms. The van der Waals surface area contributed by atoms with Crippen molar-refractivity contribution in [2.45, 2.75) is 77.0 Å². The molecule has 2 heteroatoms. The normalized spacial score (nSPS) is 36.9. The Morgan fingerprint density at radius 2 is 1.75 bits per heavy atom. The van der Waals surface area contributed by atoms with Gasteiger partial charge in [0.15, 0.2) is 0 Å². The number of fused-ring (bicyclic) bond motifs is 2. The Bertz CT molecular complexity index is 213. The van der Waals surface area contributed by atoms with Gasteiger partial charge in [0, 0.05) is 24.2 Å². The lowest BCUT2D eigenvalue weighted by Crippen LogP contribution is -2.50. The molecule has 0 amide bonds. The third kappa shape index (κ3) is 2.43. The summed E-state index contributed by atoms with van der Waals surface area (Å²) in [5.41, 5.74) is 0. The predicted octanol–water partition coefficient (Wildman–Crippen LogP) is 2.64. The highest BCUT2D eigenvalue weighted by Gasteiger charge is 2.38. The lowest BCUT2D eigenvalue weighted by atomic mass is 9.94. The van der Waals surface area contributed by atoms with Crippen LogP contribution in [-0.4, -0.2) is 36.1 Å². The van der Waals surface area contributed by atoms with Crippen LogP contribution in [0.2, 0.25) is 0 Å². The van der Waals surface area contributed by atoms with Crippen molar-refractivity contribution >= 4 is 0 Å². The maximum Gasteiger partial charge on any atom is 0.0111 e. The SMILES string of the molecule is CCC(NC1CC2CCC(C1)N2C)C(C)C. The van der Waals surface area contributed by atoms with Gasteiger partial charge in [-0.25, -0.2) is 0 Å². The summed E-state index contributed by atoms with van der Waals surface area (Å²) in [6, 6.07) is 3.22. The fourth-order valence-electron chi connectivity index (χ4n) is 3.63. The van der Waals surface area contributed by atoms with Crippen LogP contribution in [0.3, 0.4) is 0 Å². The molecular weight excluding hydrogens is 196 g/mol. The maximum absolute atomic E-state index is 3.90. The summed E-state index contributed by atoms with van der Waals surface area (Å²) in [5.74, 6) is 0.766. The van der Waals surface area contributed by atoms with Gasteiger partial charge in [-0.1, -0.05) is 20.8 Å². The lowest BCUT2D eigenvalue weighted by molar-refractivity contribution is 0.138. The monoisotopic (exact) mass is 224 g/mol. The standard InChI is InChI=1S/C14H28N2/c1-5-14(10(2)3)15-11-8-12-6-7-13(9-11)16(12)4/h10-15H,5-9H2,1-4H3. The predicted molar refractivity (Wildman–Crippen MR) is 69.6 cm³/mol. The Morgan fingerprint density at radius 1 is 1.19 bits per heavy atom. The van der Waals surface area contributed by atoms with Crippen molar-refractivity contribution in [1.29, 1.82) is 0 Å². The molecule has 0 radical (unpaired) electrons. The molecule has 2 aliphatic rings. The van der Waals surface area contributed by atoms with E-state index in [2.05, 4.69) is 38.0 Å². The minimum Gasteiger partial charge on any atom is -0.311 e. The Morgan fingerprint density at radius 3 is 2.19 bits per heavy atom. The van der Waals surface area contributed by atoms with Gasteiger partial charge < -0.3 is 10.2 Å². The quantitative estimate of drug-likeness (QED) is 0.790. The van der Waals surface area contributed by atoms with Gasteiger partial charge in [-0.15, -0.1) is 0 Å². The molecule has 1 N–H and O–H groups in total. The van der Waals surface area contributed by atoms with E-state index in [4.69, 9.17) is 0 Å². The first kappa shape index (κ1) is 12.4. The molecule has 0 aromatic rings. The Labute approximate surface area is 101 Å². The number of nitrogens with one attached hydrogen (secondary N) is 1. The zero-order valence-corrected chi connectivity index (χ0v) is 11.4. The van der Waals surface area contributed by atoms with Crippen LogP contribution in [-0.2, 0) is 0 Å². The van der Waals surface area contributed by atoms with Gasteiger partial charge in [0.25, 0.3) is 0 Å². The number of nitrogens with zero attached hydrogens (tertiary/aromatic N) is 1. The topological polar surface area (TPSA) is 15.3 Å². The summed E-state index contributed by atoms with van der Waals surface area (Å²) < 4.78 is 0. The third-order valence-corrected chi connectivity index (χ3v) is 4.79. The molecule has 0 aliphatic carbocycles. The van der Waals surface area contributed by atoms with Gasteiger partial charge in [0.05, 0.1) is 0 Å². The third-order valence-electron chi connectivity index (χ3n) is 4.79. The zero-order chi connectivity index (χ0) is 11.7. The smallest absolute Gasteiger partial charge is 0.0111 e. The van der Waals surface area contributed by atoms with E-state index in [-0.39, 0.29) is 0 Å². The summed E-state index contributed by atoms with van der Waals surface area (Å²) in [7, 11) is 2.32. The van der Waals surface area contributed by atoms with Crippen molar-refractivity contribution in [3.05, 3.63) is 0 Å². The van der Waals surface area contributed by atoms with Gasteiger partial charge >= 0.3 is 0 Å². The highest BCUT2D eigenvalue weighted by molar-refractivity contribution is 4.96. The van der Waals surface area contributed by atoms with Crippen LogP contribution in [0.15, 0.2) is 0 Å². The number of piperidine rings is 1. The molecule has 3 atom stereocenters. The highest BCUT2D eigenvalue weighted by atomic mass is 15.2. The van der Waals surface area contributed by atoms with E-state index in [1.54, 1.807) is 0 Å². The Balaban J connectivity index is 1.88. The number of hydrogen-bond acceptors (Lipinski definition) is 2. The molecule has 0 aromatic carbocycles. The van der Waals surface area contributed by atoms with Crippen LogP contribution in [0.4, 0.5) is 0 Å². The molecule has 3 unspecified atom stereocenters. The van der Waals surface area contributed by atoms with E-state index in [0.717, 1.165) is 24.0 Å². The van der Waals surface area contributed by atoms with Gasteiger partial charge in [0.2, 0.25) is 0 Å². The van der Waals surface area contributed by atoms with Crippen molar-refractivity contribution < 1.29 is 0 Å². The minimum absolute atomic E-state index is 0.716. The zero-order valence-electron chi connectivity index (χ0n) is 11.4. The van der Waals surface area contributed by atoms with Crippen molar-refractivity contribution in [1.82, 2.24) is 10.2 Å². The first-order valence-electron chi connectivity index (χ1n) is 7.09. The number of rotatable bonds is 4. The Hall–Kier alpha value is -0.0800. The molecule has 0 spiro atoms. The summed E-state index contributed by atoms with van der Waals surface area (Å²) >= 11 is 0. The van der Waals surface area contributed by atoms with E-state index in [9.17, 15) is 0 Å². The van der Waals surface area contributed by atoms with Gasteiger partial charge in [0.1, 0.15) is 0 Å². The second-order valence-corrected chi connectivity index (χ2v) is 6.14. The molecule has 0 aromatic heterocycles. The van der Waals surface area contributed by atoms with Gasteiger partial charge in [-0.05, 0) is 45.1 Å². The average Bonchev–Trinajstić information content (AvgIpc) is 2.51. The first-order valence-corrected chi connectivity index (χ1v) is 7.09. The summed E-state index contributed by atoms with van der Waals surface area (Å²) in [6.07, 6.45) is 6.86. The number of hydrogen-bond donors (Lipinski definition) is 1. The second kappa shape index (κ2) is 5.05. The second-order valence-electron chi connectivity index (χ2n) is 6.14.